The number of nitrogens with zero attached hydrogens (tertiary/aromatic N) is 1. The fraction of sp³-hybridized carbons (Fsp3) is 0.429. The molecule has 0 saturated carbocycles. The van der Waals surface area contributed by atoms with Gasteiger partial charge in [0.15, 0.2) is 0 Å². The maximum absolute atomic E-state index is 12.1. The Morgan fingerprint density at radius 2 is 2.00 bits per heavy atom. The maximum Gasteiger partial charge on any atom is 0.308 e. The van der Waals surface area contributed by atoms with E-state index in [1.54, 1.807) is 17.0 Å². The Bertz CT molecular complexity index is 472. The van der Waals surface area contributed by atoms with Crippen LogP contribution in [0.2, 0.25) is 5.02 Å². The first-order valence-electron chi connectivity index (χ1n) is 6.31. The van der Waals surface area contributed by atoms with Gasteiger partial charge in [0.05, 0.1) is 12.3 Å². The molecule has 4 nitrogen and oxygen atoms in total. The number of carbonyl (C=O) groups is 2. The highest BCUT2D eigenvalue weighted by atomic mass is 35.5. The Morgan fingerprint density at radius 1 is 1.32 bits per heavy atom. The summed E-state index contributed by atoms with van der Waals surface area (Å²) in [5.74, 6) is -1.26. The molecule has 0 spiro atoms. The standard InChI is InChI=1S/C14H16ClNO3/c15-12-5-3-10(4-6-12)8-13(17)16-7-1-2-11(9-16)14(18)19/h3-6,11H,1-2,7-9H2,(H,18,19)/t11-/m0/s1. The Kier molecular flexibility index (Phi) is 4.43. The molecule has 1 atom stereocenters. The SMILES string of the molecule is O=C(O)[C@H]1CCCN(C(=O)Cc2ccc(Cl)cc2)C1. The van der Waals surface area contributed by atoms with E-state index in [9.17, 15) is 9.59 Å². The van der Waals surface area contributed by atoms with E-state index < -0.39 is 11.9 Å². The van der Waals surface area contributed by atoms with Crippen molar-refractivity contribution in [2.45, 2.75) is 19.3 Å². The molecule has 102 valence electrons. The number of hydrogen-bond acceptors (Lipinski definition) is 2. The van der Waals surface area contributed by atoms with E-state index in [1.165, 1.54) is 0 Å². The number of rotatable bonds is 3. The third-order valence-electron chi connectivity index (χ3n) is 3.39. The number of likely N-dealkylation sites (tertiary alicyclic amines) is 1. The van der Waals surface area contributed by atoms with Gasteiger partial charge in [0.1, 0.15) is 0 Å². The summed E-state index contributed by atoms with van der Waals surface area (Å²) in [7, 11) is 0. The zero-order valence-electron chi connectivity index (χ0n) is 10.5. The van der Waals surface area contributed by atoms with Crippen molar-refractivity contribution in [3.63, 3.8) is 0 Å². The smallest absolute Gasteiger partial charge is 0.308 e. The van der Waals surface area contributed by atoms with Gasteiger partial charge in [0, 0.05) is 18.1 Å². The number of carboxylic acid groups (broad SMARTS) is 1. The van der Waals surface area contributed by atoms with Crippen molar-refractivity contribution in [1.29, 1.82) is 0 Å². The fourth-order valence-corrected chi connectivity index (χ4v) is 2.42. The van der Waals surface area contributed by atoms with E-state index in [0.29, 0.717) is 31.0 Å². The summed E-state index contributed by atoms with van der Waals surface area (Å²) in [6.45, 7) is 0.970. The number of halogens is 1. The second kappa shape index (κ2) is 6.06. The lowest BCUT2D eigenvalue weighted by atomic mass is 9.97. The lowest BCUT2D eigenvalue weighted by Gasteiger charge is -2.30. The first kappa shape index (κ1) is 13.9. The predicted octanol–water partition coefficient (Wildman–Crippen LogP) is 2.21. The first-order valence-corrected chi connectivity index (χ1v) is 6.69. The van der Waals surface area contributed by atoms with Gasteiger partial charge >= 0.3 is 5.97 Å². The van der Waals surface area contributed by atoms with Crippen molar-refractivity contribution >= 4 is 23.5 Å². The number of piperidine rings is 1. The highest BCUT2D eigenvalue weighted by Gasteiger charge is 2.27. The fourth-order valence-electron chi connectivity index (χ4n) is 2.29. The molecular weight excluding hydrogens is 266 g/mol. The Labute approximate surface area is 117 Å². The Morgan fingerprint density at radius 3 is 2.63 bits per heavy atom. The number of carboxylic acids is 1. The van der Waals surface area contributed by atoms with E-state index in [2.05, 4.69) is 0 Å². The molecule has 1 N–H and O–H groups in total. The van der Waals surface area contributed by atoms with Gasteiger partial charge in [-0.05, 0) is 30.5 Å². The Hall–Kier alpha value is -1.55. The molecule has 1 amide bonds. The minimum atomic E-state index is -0.816. The van der Waals surface area contributed by atoms with Crippen LogP contribution in [-0.4, -0.2) is 35.0 Å². The molecule has 1 fully saturated rings. The lowest BCUT2D eigenvalue weighted by molar-refractivity contribution is -0.145. The highest BCUT2D eigenvalue weighted by molar-refractivity contribution is 6.30. The van der Waals surface area contributed by atoms with Crippen LogP contribution in [0.4, 0.5) is 0 Å². The lowest BCUT2D eigenvalue weighted by Crippen LogP contribution is -2.42. The average molecular weight is 282 g/mol. The van der Waals surface area contributed by atoms with Gasteiger partial charge in [-0.2, -0.15) is 0 Å². The van der Waals surface area contributed by atoms with E-state index in [-0.39, 0.29) is 5.91 Å². The third kappa shape index (κ3) is 3.70. The van der Waals surface area contributed by atoms with Gasteiger partial charge < -0.3 is 10.0 Å². The van der Waals surface area contributed by atoms with Crippen LogP contribution in [0.25, 0.3) is 0 Å². The number of aliphatic carboxylic acids is 1. The molecule has 0 aromatic heterocycles. The van der Waals surface area contributed by atoms with Crippen molar-refractivity contribution in [3.8, 4) is 0 Å². The van der Waals surface area contributed by atoms with Gasteiger partial charge in [-0.25, -0.2) is 0 Å². The zero-order chi connectivity index (χ0) is 13.8. The third-order valence-corrected chi connectivity index (χ3v) is 3.64. The highest BCUT2D eigenvalue weighted by Crippen LogP contribution is 2.18. The minimum absolute atomic E-state index is 0.0201. The van der Waals surface area contributed by atoms with Gasteiger partial charge in [0.2, 0.25) is 5.91 Å². The van der Waals surface area contributed by atoms with Gasteiger partial charge in [0.25, 0.3) is 0 Å². The van der Waals surface area contributed by atoms with Crippen LogP contribution < -0.4 is 0 Å². The summed E-state index contributed by atoms with van der Waals surface area (Å²) < 4.78 is 0. The Balaban J connectivity index is 1.96. The topological polar surface area (TPSA) is 57.6 Å². The largest absolute Gasteiger partial charge is 0.481 e. The number of carbonyl (C=O) groups excluding carboxylic acids is 1. The molecule has 1 saturated heterocycles. The molecule has 1 heterocycles. The predicted molar refractivity (Wildman–Crippen MR) is 72.1 cm³/mol. The molecule has 5 heteroatoms. The summed E-state index contributed by atoms with van der Waals surface area (Å²) in [6.07, 6.45) is 1.70. The summed E-state index contributed by atoms with van der Waals surface area (Å²) >= 11 is 5.79. The molecule has 0 aliphatic carbocycles. The van der Waals surface area contributed by atoms with Crippen LogP contribution in [0.15, 0.2) is 24.3 Å². The maximum atomic E-state index is 12.1. The molecule has 19 heavy (non-hydrogen) atoms. The van der Waals surface area contributed by atoms with Crippen LogP contribution in [0.3, 0.4) is 0 Å². The zero-order valence-corrected chi connectivity index (χ0v) is 11.3. The number of hydrogen-bond donors (Lipinski definition) is 1. The van der Waals surface area contributed by atoms with Crippen molar-refractivity contribution < 1.29 is 14.7 Å². The van der Waals surface area contributed by atoms with E-state index in [4.69, 9.17) is 16.7 Å². The van der Waals surface area contributed by atoms with E-state index in [0.717, 1.165) is 12.0 Å². The van der Waals surface area contributed by atoms with Crippen LogP contribution in [0.1, 0.15) is 18.4 Å². The second-order valence-corrected chi connectivity index (χ2v) is 5.26. The summed E-state index contributed by atoms with van der Waals surface area (Å²) in [4.78, 5) is 24.7. The quantitative estimate of drug-likeness (QED) is 0.924. The number of benzene rings is 1. The van der Waals surface area contributed by atoms with Crippen LogP contribution in [-0.2, 0) is 16.0 Å². The van der Waals surface area contributed by atoms with Gasteiger partial charge in [-0.3, -0.25) is 9.59 Å². The summed E-state index contributed by atoms with van der Waals surface area (Å²) in [6, 6.07) is 7.14. The molecule has 0 radical (unpaired) electrons. The minimum Gasteiger partial charge on any atom is -0.481 e. The molecule has 1 aromatic carbocycles. The van der Waals surface area contributed by atoms with Crippen molar-refractivity contribution in [2.24, 2.45) is 5.92 Å². The second-order valence-electron chi connectivity index (χ2n) is 4.82. The molecule has 0 unspecified atom stereocenters. The van der Waals surface area contributed by atoms with Crippen molar-refractivity contribution in [3.05, 3.63) is 34.9 Å². The van der Waals surface area contributed by atoms with Crippen LogP contribution in [0, 0.1) is 5.92 Å². The van der Waals surface area contributed by atoms with Crippen molar-refractivity contribution in [2.75, 3.05) is 13.1 Å². The summed E-state index contributed by atoms with van der Waals surface area (Å²) in [5.41, 5.74) is 0.895. The molecular formula is C14H16ClNO3. The van der Waals surface area contributed by atoms with Crippen molar-refractivity contribution in [1.82, 2.24) is 4.90 Å². The average Bonchev–Trinajstić information content (AvgIpc) is 2.41. The molecule has 1 aromatic rings. The van der Waals surface area contributed by atoms with E-state index in [1.807, 2.05) is 12.1 Å². The molecule has 2 rings (SSSR count). The van der Waals surface area contributed by atoms with Gasteiger partial charge in [-0.15, -0.1) is 0 Å². The monoisotopic (exact) mass is 281 g/mol. The summed E-state index contributed by atoms with van der Waals surface area (Å²) in [5, 5.41) is 9.64. The molecule has 0 bridgehead atoms. The molecule has 1 aliphatic heterocycles. The van der Waals surface area contributed by atoms with Crippen LogP contribution >= 0.6 is 11.6 Å². The normalized spacial score (nSPS) is 19.2. The number of amides is 1. The van der Waals surface area contributed by atoms with Gasteiger partial charge in [-0.1, -0.05) is 23.7 Å². The van der Waals surface area contributed by atoms with Crippen LogP contribution in [0.5, 0.6) is 0 Å². The van der Waals surface area contributed by atoms with E-state index >= 15 is 0 Å². The molecule has 1 aliphatic rings. The first-order chi connectivity index (χ1) is 9.06.